The molecule has 9 heteroatoms. The zero-order valence-corrected chi connectivity index (χ0v) is 14.4. The average molecular weight is 371 g/mol. The number of carbonyl (C=O) groups is 1. The van der Waals surface area contributed by atoms with Gasteiger partial charge in [-0.05, 0) is 24.3 Å². The summed E-state index contributed by atoms with van der Waals surface area (Å²) in [7, 11) is 1.40. The summed E-state index contributed by atoms with van der Waals surface area (Å²) in [6, 6.07) is 7.68. The Morgan fingerprint density at radius 1 is 1.35 bits per heavy atom. The highest BCUT2D eigenvalue weighted by Crippen LogP contribution is 2.31. The molecule has 26 heavy (non-hydrogen) atoms. The molecule has 132 valence electrons. The Labute approximate surface area is 152 Å². The molecule has 0 amide bonds. The molecule has 0 bridgehead atoms. The predicted octanol–water partition coefficient (Wildman–Crippen LogP) is 3.27. The van der Waals surface area contributed by atoms with Crippen molar-refractivity contribution in [2.45, 2.75) is 6.42 Å². The molecule has 0 radical (unpaired) electrons. The Bertz CT molecular complexity index is 943. The number of aromatic nitrogens is 2. The van der Waals surface area contributed by atoms with Gasteiger partial charge in [-0.1, -0.05) is 0 Å². The molecule has 1 aromatic carbocycles. The molecule has 0 aliphatic heterocycles. The van der Waals surface area contributed by atoms with E-state index in [1.165, 1.54) is 36.6 Å². The van der Waals surface area contributed by atoms with Crippen LogP contribution < -0.4 is 9.47 Å². The number of nitro groups is 1. The minimum Gasteiger partial charge on any atom is -0.496 e. The molecule has 0 aliphatic carbocycles. The van der Waals surface area contributed by atoms with Gasteiger partial charge in [-0.2, -0.15) is 0 Å². The van der Waals surface area contributed by atoms with Gasteiger partial charge in [0.2, 0.25) is 5.75 Å². The number of pyridine rings is 1. The third kappa shape index (κ3) is 4.01. The number of hydrogen-bond acceptors (Lipinski definition) is 8. The predicted molar refractivity (Wildman–Crippen MR) is 94.3 cm³/mol. The van der Waals surface area contributed by atoms with Crippen LogP contribution in [0.1, 0.15) is 5.69 Å². The quantitative estimate of drug-likeness (QED) is 0.283. The number of benzene rings is 1. The Kier molecular flexibility index (Phi) is 5.18. The second-order valence-electron chi connectivity index (χ2n) is 5.13. The maximum Gasteiger partial charge on any atom is 0.317 e. The third-order valence-electron chi connectivity index (χ3n) is 3.37. The van der Waals surface area contributed by atoms with E-state index in [4.69, 9.17) is 9.47 Å². The van der Waals surface area contributed by atoms with Crippen LogP contribution in [-0.2, 0) is 11.2 Å². The number of methoxy groups -OCH3 is 1. The summed E-state index contributed by atoms with van der Waals surface area (Å²) >= 11 is 1.38. The van der Waals surface area contributed by atoms with E-state index < -0.39 is 10.9 Å². The highest BCUT2D eigenvalue weighted by Gasteiger charge is 2.20. The summed E-state index contributed by atoms with van der Waals surface area (Å²) < 4.78 is 10.1. The monoisotopic (exact) mass is 371 g/mol. The first-order valence-electron chi connectivity index (χ1n) is 7.44. The SMILES string of the molecule is COc1ccc(OC(=O)Cc2csc(-c3cccnc3)n2)c([N+](=O)[O-])c1. The fraction of sp³-hybridized carbons (Fsp3) is 0.118. The first-order chi connectivity index (χ1) is 12.6. The Morgan fingerprint density at radius 2 is 2.19 bits per heavy atom. The molecule has 0 saturated carbocycles. The molecule has 0 aliphatic rings. The summed E-state index contributed by atoms with van der Waals surface area (Å²) in [5.74, 6) is -0.470. The zero-order valence-electron chi connectivity index (χ0n) is 13.6. The summed E-state index contributed by atoms with van der Waals surface area (Å²) in [4.78, 5) is 31.0. The molecular formula is C17H13N3O5S. The molecule has 3 rings (SSSR count). The highest BCUT2D eigenvalue weighted by atomic mass is 32.1. The second-order valence-corrected chi connectivity index (χ2v) is 5.99. The van der Waals surface area contributed by atoms with Crippen LogP contribution >= 0.6 is 11.3 Å². The summed E-state index contributed by atoms with van der Waals surface area (Å²) in [5, 5.41) is 13.6. The number of thiazole rings is 1. The number of carbonyl (C=O) groups excluding carboxylic acids is 1. The topological polar surface area (TPSA) is 104 Å². The van der Waals surface area contributed by atoms with Gasteiger partial charge in [0, 0.05) is 23.3 Å². The standard InChI is InChI=1S/C17H13N3O5S/c1-24-13-4-5-15(14(8-13)20(22)23)25-16(21)7-12-10-26-17(19-12)11-3-2-6-18-9-11/h2-6,8-10H,7H2,1H3. The van der Waals surface area contributed by atoms with Gasteiger partial charge < -0.3 is 9.47 Å². The van der Waals surface area contributed by atoms with E-state index in [0.717, 1.165) is 10.6 Å². The number of ether oxygens (including phenoxy) is 2. The smallest absolute Gasteiger partial charge is 0.317 e. The van der Waals surface area contributed by atoms with Gasteiger partial charge in [-0.15, -0.1) is 11.3 Å². The van der Waals surface area contributed by atoms with Crippen LogP contribution in [0.25, 0.3) is 10.6 Å². The molecule has 0 saturated heterocycles. The second kappa shape index (κ2) is 7.70. The Balaban J connectivity index is 1.72. The summed E-state index contributed by atoms with van der Waals surface area (Å²) in [5.41, 5.74) is 1.03. The maximum absolute atomic E-state index is 12.1. The molecule has 0 atom stereocenters. The van der Waals surface area contributed by atoms with Crippen LogP contribution in [0.5, 0.6) is 11.5 Å². The van der Waals surface area contributed by atoms with Crippen molar-refractivity contribution in [3.05, 3.63) is 63.9 Å². The van der Waals surface area contributed by atoms with E-state index in [-0.39, 0.29) is 17.9 Å². The zero-order chi connectivity index (χ0) is 18.5. The lowest BCUT2D eigenvalue weighted by Crippen LogP contribution is -2.12. The molecule has 8 nitrogen and oxygen atoms in total. The number of esters is 1. The number of nitro benzene ring substituents is 1. The summed E-state index contributed by atoms with van der Waals surface area (Å²) in [6.45, 7) is 0. The number of hydrogen-bond donors (Lipinski definition) is 0. The maximum atomic E-state index is 12.1. The normalized spacial score (nSPS) is 10.3. The van der Waals surface area contributed by atoms with Crippen molar-refractivity contribution in [3.63, 3.8) is 0 Å². The van der Waals surface area contributed by atoms with Gasteiger partial charge in [0.05, 0.1) is 30.2 Å². The van der Waals surface area contributed by atoms with Crippen LogP contribution in [0.4, 0.5) is 5.69 Å². The van der Waals surface area contributed by atoms with Gasteiger partial charge in [0.15, 0.2) is 0 Å². The lowest BCUT2D eigenvalue weighted by Gasteiger charge is -2.06. The van der Waals surface area contributed by atoms with Crippen molar-refractivity contribution < 1.29 is 19.2 Å². The van der Waals surface area contributed by atoms with Crippen molar-refractivity contribution >= 4 is 23.0 Å². The third-order valence-corrected chi connectivity index (χ3v) is 4.31. The van der Waals surface area contributed by atoms with Crippen LogP contribution in [0.2, 0.25) is 0 Å². The average Bonchev–Trinajstić information content (AvgIpc) is 3.11. The van der Waals surface area contributed by atoms with Crippen LogP contribution in [0, 0.1) is 10.1 Å². The van der Waals surface area contributed by atoms with Crippen molar-refractivity contribution in [3.8, 4) is 22.1 Å². The van der Waals surface area contributed by atoms with Crippen molar-refractivity contribution in [2.24, 2.45) is 0 Å². The molecule has 0 unspecified atom stereocenters. The van der Waals surface area contributed by atoms with Gasteiger partial charge in [-0.3, -0.25) is 19.9 Å². The molecule has 2 aromatic heterocycles. The number of rotatable bonds is 6. The minimum atomic E-state index is -0.638. The molecule has 2 heterocycles. The van der Waals surface area contributed by atoms with Crippen LogP contribution in [-0.4, -0.2) is 28.0 Å². The lowest BCUT2D eigenvalue weighted by molar-refractivity contribution is -0.385. The summed E-state index contributed by atoms with van der Waals surface area (Å²) in [6.07, 6.45) is 3.25. The van der Waals surface area contributed by atoms with E-state index >= 15 is 0 Å². The largest absolute Gasteiger partial charge is 0.496 e. The number of nitrogens with zero attached hydrogens (tertiary/aromatic N) is 3. The van der Waals surface area contributed by atoms with E-state index in [1.54, 1.807) is 23.8 Å². The fourth-order valence-corrected chi connectivity index (χ4v) is 2.98. The minimum absolute atomic E-state index is 0.0973. The van der Waals surface area contributed by atoms with E-state index in [1.807, 2.05) is 6.07 Å². The first-order valence-corrected chi connectivity index (χ1v) is 8.32. The van der Waals surface area contributed by atoms with Crippen molar-refractivity contribution in [1.82, 2.24) is 9.97 Å². The van der Waals surface area contributed by atoms with Gasteiger partial charge in [-0.25, -0.2) is 4.98 Å². The fourth-order valence-electron chi connectivity index (χ4n) is 2.17. The van der Waals surface area contributed by atoms with E-state index in [0.29, 0.717) is 11.4 Å². The molecule has 3 aromatic rings. The highest BCUT2D eigenvalue weighted by molar-refractivity contribution is 7.13. The van der Waals surface area contributed by atoms with E-state index in [9.17, 15) is 14.9 Å². The Morgan fingerprint density at radius 3 is 2.88 bits per heavy atom. The molecule has 0 N–H and O–H groups in total. The molecule has 0 spiro atoms. The molecule has 0 fully saturated rings. The van der Waals surface area contributed by atoms with Crippen molar-refractivity contribution in [1.29, 1.82) is 0 Å². The lowest BCUT2D eigenvalue weighted by atomic mass is 10.2. The van der Waals surface area contributed by atoms with E-state index in [2.05, 4.69) is 9.97 Å². The van der Waals surface area contributed by atoms with Crippen molar-refractivity contribution in [2.75, 3.05) is 7.11 Å². The molecular weight excluding hydrogens is 358 g/mol. The van der Waals surface area contributed by atoms with Crippen LogP contribution in [0.3, 0.4) is 0 Å². The van der Waals surface area contributed by atoms with Gasteiger partial charge in [0.1, 0.15) is 10.8 Å². The van der Waals surface area contributed by atoms with Gasteiger partial charge >= 0.3 is 11.7 Å². The van der Waals surface area contributed by atoms with Crippen LogP contribution in [0.15, 0.2) is 48.1 Å². The van der Waals surface area contributed by atoms with Gasteiger partial charge in [0.25, 0.3) is 0 Å². The first kappa shape index (κ1) is 17.5. The Hall–Kier alpha value is -3.33.